The molecule has 100 valence electrons. The van der Waals surface area contributed by atoms with E-state index in [-0.39, 0.29) is 5.41 Å². The SMILES string of the molecule is CCc1ccc(OC)c(C2(C)CNCCOC2)c1. The fraction of sp³-hybridized carbons (Fsp3) is 0.600. The Morgan fingerprint density at radius 2 is 2.28 bits per heavy atom. The zero-order chi connectivity index (χ0) is 13.0. The average Bonchev–Trinajstić information content (AvgIpc) is 2.64. The van der Waals surface area contributed by atoms with Gasteiger partial charge in [0.2, 0.25) is 0 Å². The highest BCUT2D eigenvalue weighted by atomic mass is 16.5. The largest absolute Gasteiger partial charge is 0.496 e. The molecule has 3 heteroatoms. The van der Waals surface area contributed by atoms with Crippen LogP contribution in [0.1, 0.15) is 25.0 Å². The molecule has 1 fully saturated rings. The van der Waals surface area contributed by atoms with Crippen molar-refractivity contribution in [1.82, 2.24) is 5.32 Å². The third-order valence-electron chi connectivity index (χ3n) is 3.68. The predicted octanol–water partition coefficient (Wildman–Crippen LogP) is 2.14. The lowest BCUT2D eigenvalue weighted by Gasteiger charge is -2.30. The van der Waals surface area contributed by atoms with Crippen LogP contribution in [0.15, 0.2) is 18.2 Å². The highest BCUT2D eigenvalue weighted by molar-refractivity contribution is 5.43. The minimum atomic E-state index is -0.0208. The molecule has 2 rings (SSSR count). The first-order valence-electron chi connectivity index (χ1n) is 6.65. The van der Waals surface area contributed by atoms with E-state index in [1.54, 1.807) is 7.11 Å². The number of rotatable bonds is 3. The Balaban J connectivity index is 2.39. The van der Waals surface area contributed by atoms with Crippen molar-refractivity contribution >= 4 is 0 Å². The molecule has 1 atom stereocenters. The van der Waals surface area contributed by atoms with E-state index < -0.39 is 0 Å². The van der Waals surface area contributed by atoms with Crippen LogP contribution in [0.2, 0.25) is 0 Å². The van der Waals surface area contributed by atoms with Crippen LogP contribution in [-0.4, -0.2) is 33.4 Å². The summed E-state index contributed by atoms with van der Waals surface area (Å²) in [5.74, 6) is 0.960. The molecule has 1 unspecified atom stereocenters. The van der Waals surface area contributed by atoms with Crippen LogP contribution in [0, 0.1) is 0 Å². The third kappa shape index (κ3) is 2.68. The van der Waals surface area contributed by atoms with E-state index in [4.69, 9.17) is 9.47 Å². The lowest BCUT2D eigenvalue weighted by Crippen LogP contribution is -2.37. The fourth-order valence-electron chi connectivity index (χ4n) is 2.48. The minimum Gasteiger partial charge on any atom is -0.496 e. The summed E-state index contributed by atoms with van der Waals surface area (Å²) in [4.78, 5) is 0. The van der Waals surface area contributed by atoms with E-state index in [1.165, 1.54) is 11.1 Å². The Hall–Kier alpha value is -1.06. The van der Waals surface area contributed by atoms with Crippen molar-refractivity contribution in [1.29, 1.82) is 0 Å². The topological polar surface area (TPSA) is 30.5 Å². The second kappa shape index (κ2) is 5.72. The summed E-state index contributed by atoms with van der Waals surface area (Å²) in [7, 11) is 1.73. The maximum atomic E-state index is 5.72. The Kier molecular flexibility index (Phi) is 4.25. The maximum Gasteiger partial charge on any atom is 0.122 e. The second-order valence-corrected chi connectivity index (χ2v) is 5.18. The molecule has 0 bridgehead atoms. The Labute approximate surface area is 109 Å². The van der Waals surface area contributed by atoms with E-state index in [1.807, 2.05) is 0 Å². The monoisotopic (exact) mass is 249 g/mol. The quantitative estimate of drug-likeness (QED) is 0.890. The van der Waals surface area contributed by atoms with E-state index in [9.17, 15) is 0 Å². The number of hydrogen-bond donors (Lipinski definition) is 1. The van der Waals surface area contributed by atoms with Gasteiger partial charge in [-0.15, -0.1) is 0 Å². The summed E-state index contributed by atoms with van der Waals surface area (Å²) in [5.41, 5.74) is 2.57. The highest BCUT2D eigenvalue weighted by Crippen LogP contribution is 2.33. The summed E-state index contributed by atoms with van der Waals surface area (Å²) < 4.78 is 11.2. The lowest BCUT2D eigenvalue weighted by molar-refractivity contribution is 0.112. The Morgan fingerprint density at radius 1 is 1.44 bits per heavy atom. The molecule has 1 aromatic carbocycles. The first-order valence-corrected chi connectivity index (χ1v) is 6.65. The Bertz CT molecular complexity index is 395. The van der Waals surface area contributed by atoms with Crippen LogP contribution in [0.25, 0.3) is 0 Å². The summed E-state index contributed by atoms with van der Waals surface area (Å²) in [6, 6.07) is 6.47. The van der Waals surface area contributed by atoms with Crippen molar-refractivity contribution in [3.8, 4) is 5.75 Å². The van der Waals surface area contributed by atoms with Gasteiger partial charge >= 0.3 is 0 Å². The summed E-state index contributed by atoms with van der Waals surface area (Å²) in [6.45, 7) is 7.79. The molecule has 0 amide bonds. The number of methoxy groups -OCH3 is 1. The summed E-state index contributed by atoms with van der Waals surface area (Å²) in [6.07, 6.45) is 1.04. The first-order chi connectivity index (χ1) is 8.69. The van der Waals surface area contributed by atoms with Gasteiger partial charge in [-0.3, -0.25) is 0 Å². The molecule has 0 aromatic heterocycles. The van der Waals surface area contributed by atoms with Gasteiger partial charge in [-0.25, -0.2) is 0 Å². The number of aryl methyl sites for hydroxylation is 1. The molecule has 0 aliphatic carbocycles. The van der Waals surface area contributed by atoms with Gasteiger partial charge in [-0.2, -0.15) is 0 Å². The molecule has 0 saturated carbocycles. The summed E-state index contributed by atoms with van der Waals surface area (Å²) in [5, 5.41) is 3.44. The van der Waals surface area contributed by atoms with Crippen molar-refractivity contribution in [2.45, 2.75) is 25.7 Å². The number of nitrogens with one attached hydrogen (secondary N) is 1. The van der Waals surface area contributed by atoms with Crippen molar-refractivity contribution in [2.75, 3.05) is 33.4 Å². The highest BCUT2D eigenvalue weighted by Gasteiger charge is 2.31. The number of ether oxygens (including phenoxy) is 2. The van der Waals surface area contributed by atoms with Crippen LogP contribution in [-0.2, 0) is 16.6 Å². The average molecular weight is 249 g/mol. The van der Waals surface area contributed by atoms with Gasteiger partial charge < -0.3 is 14.8 Å². The van der Waals surface area contributed by atoms with Gasteiger partial charge in [-0.05, 0) is 18.1 Å². The second-order valence-electron chi connectivity index (χ2n) is 5.18. The van der Waals surface area contributed by atoms with Gasteiger partial charge in [0.15, 0.2) is 0 Å². The molecule has 1 N–H and O–H groups in total. The molecular formula is C15H23NO2. The Morgan fingerprint density at radius 3 is 3.00 bits per heavy atom. The van der Waals surface area contributed by atoms with Gasteiger partial charge in [-0.1, -0.05) is 26.0 Å². The molecule has 1 aromatic rings. The number of hydrogen-bond acceptors (Lipinski definition) is 3. The van der Waals surface area contributed by atoms with Crippen molar-refractivity contribution < 1.29 is 9.47 Å². The molecule has 0 radical (unpaired) electrons. The number of benzene rings is 1. The van der Waals surface area contributed by atoms with Gasteiger partial charge in [0.25, 0.3) is 0 Å². The smallest absolute Gasteiger partial charge is 0.122 e. The van der Waals surface area contributed by atoms with Crippen molar-refractivity contribution in [3.63, 3.8) is 0 Å². The lowest BCUT2D eigenvalue weighted by atomic mass is 9.81. The standard InChI is InChI=1S/C15H23NO2/c1-4-12-5-6-14(17-3)13(9-12)15(2)10-16-7-8-18-11-15/h5-6,9,16H,4,7-8,10-11H2,1-3H3. The van der Waals surface area contributed by atoms with Crippen LogP contribution in [0.5, 0.6) is 5.75 Å². The molecular weight excluding hydrogens is 226 g/mol. The molecule has 3 nitrogen and oxygen atoms in total. The molecule has 1 heterocycles. The zero-order valence-electron chi connectivity index (χ0n) is 11.6. The molecule has 1 saturated heterocycles. The van der Waals surface area contributed by atoms with Crippen LogP contribution >= 0.6 is 0 Å². The molecule has 18 heavy (non-hydrogen) atoms. The van der Waals surface area contributed by atoms with Crippen LogP contribution in [0.4, 0.5) is 0 Å². The zero-order valence-corrected chi connectivity index (χ0v) is 11.6. The molecule has 0 spiro atoms. The third-order valence-corrected chi connectivity index (χ3v) is 3.68. The summed E-state index contributed by atoms with van der Waals surface area (Å²) >= 11 is 0. The first kappa shape index (κ1) is 13.4. The predicted molar refractivity (Wildman–Crippen MR) is 73.4 cm³/mol. The van der Waals surface area contributed by atoms with Crippen molar-refractivity contribution in [2.24, 2.45) is 0 Å². The van der Waals surface area contributed by atoms with E-state index in [0.717, 1.165) is 38.5 Å². The van der Waals surface area contributed by atoms with E-state index in [0.29, 0.717) is 0 Å². The van der Waals surface area contributed by atoms with Gasteiger partial charge in [0, 0.05) is 24.1 Å². The van der Waals surface area contributed by atoms with E-state index >= 15 is 0 Å². The van der Waals surface area contributed by atoms with E-state index in [2.05, 4.69) is 37.4 Å². The molecule has 1 aliphatic heterocycles. The van der Waals surface area contributed by atoms with Gasteiger partial charge in [0.1, 0.15) is 5.75 Å². The fourth-order valence-corrected chi connectivity index (χ4v) is 2.48. The van der Waals surface area contributed by atoms with Crippen LogP contribution < -0.4 is 10.1 Å². The maximum absolute atomic E-state index is 5.72. The normalized spacial score (nSPS) is 24.6. The van der Waals surface area contributed by atoms with Crippen molar-refractivity contribution in [3.05, 3.63) is 29.3 Å². The van der Waals surface area contributed by atoms with Crippen LogP contribution in [0.3, 0.4) is 0 Å². The minimum absolute atomic E-state index is 0.0208. The molecule has 1 aliphatic rings. The van der Waals surface area contributed by atoms with Gasteiger partial charge in [0.05, 0.1) is 20.3 Å².